The molecule has 0 fully saturated rings. The Hall–Kier alpha value is -3.60. The third kappa shape index (κ3) is 6.22. The van der Waals surface area contributed by atoms with Crippen molar-refractivity contribution in [2.75, 3.05) is 13.7 Å². The van der Waals surface area contributed by atoms with Crippen LogP contribution in [-0.2, 0) is 30.6 Å². The molecule has 0 unspecified atom stereocenters. The van der Waals surface area contributed by atoms with E-state index in [9.17, 15) is 4.79 Å². The normalized spacial score (nSPS) is 10.9. The minimum absolute atomic E-state index is 0.0385. The number of hydrogen-bond acceptors (Lipinski definition) is 3. The van der Waals surface area contributed by atoms with Crippen molar-refractivity contribution in [1.29, 1.82) is 0 Å². The predicted molar refractivity (Wildman–Crippen MR) is 133 cm³/mol. The molecular weight excluding hydrogens is 410 g/mol. The van der Waals surface area contributed by atoms with E-state index in [2.05, 4.69) is 58.4 Å². The Kier molecular flexibility index (Phi) is 7.75. The average molecular weight is 442 g/mol. The van der Waals surface area contributed by atoms with Crippen LogP contribution in [0.4, 0.5) is 0 Å². The van der Waals surface area contributed by atoms with E-state index < -0.39 is 0 Å². The van der Waals surface area contributed by atoms with E-state index in [1.807, 2.05) is 30.3 Å². The van der Waals surface area contributed by atoms with Gasteiger partial charge in [0.1, 0.15) is 11.6 Å². The van der Waals surface area contributed by atoms with Gasteiger partial charge < -0.3 is 14.6 Å². The number of carbonyl (C=O) groups excluding carboxylic acids is 1. The molecular formula is C28H31N3O2. The molecule has 0 aliphatic rings. The Morgan fingerprint density at radius 3 is 2.42 bits per heavy atom. The fourth-order valence-electron chi connectivity index (χ4n) is 4.12. The van der Waals surface area contributed by atoms with E-state index in [0.717, 1.165) is 54.9 Å². The van der Waals surface area contributed by atoms with Gasteiger partial charge in [-0.3, -0.25) is 4.79 Å². The van der Waals surface area contributed by atoms with Crippen LogP contribution in [0.15, 0.2) is 78.9 Å². The van der Waals surface area contributed by atoms with Crippen LogP contribution in [-0.4, -0.2) is 29.1 Å². The van der Waals surface area contributed by atoms with Crippen molar-refractivity contribution in [3.8, 4) is 5.75 Å². The van der Waals surface area contributed by atoms with Crippen LogP contribution in [0.25, 0.3) is 11.0 Å². The number of para-hydroxylation sites is 2. The number of aryl methyl sites for hydroxylation is 3. The quantitative estimate of drug-likeness (QED) is 0.334. The van der Waals surface area contributed by atoms with Gasteiger partial charge in [0, 0.05) is 19.5 Å². The van der Waals surface area contributed by atoms with Gasteiger partial charge in [0.05, 0.1) is 24.6 Å². The summed E-state index contributed by atoms with van der Waals surface area (Å²) in [5, 5.41) is 3.04. The van der Waals surface area contributed by atoms with Crippen molar-refractivity contribution in [3.05, 3.63) is 95.8 Å². The highest BCUT2D eigenvalue weighted by Crippen LogP contribution is 2.18. The summed E-state index contributed by atoms with van der Waals surface area (Å²) in [6.45, 7) is 1.58. The number of aromatic nitrogens is 2. The molecule has 5 nitrogen and oxygen atoms in total. The summed E-state index contributed by atoms with van der Waals surface area (Å²) in [5.41, 5.74) is 4.57. The first kappa shape index (κ1) is 22.6. The highest BCUT2D eigenvalue weighted by molar-refractivity contribution is 5.78. The van der Waals surface area contributed by atoms with E-state index in [0.29, 0.717) is 13.0 Å². The van der Waals surface area contributed by atoms with Gasteiger partial charge in [-0.05, 0) is 54.7 Å². The molecule has 0 aliphatic heterocycles. The SMILES string of the molecule is COc1ccc(CC(=O)NCCCc2nc3ccccc3n2CCCc2ccccc2)cc1. The van der Waals surface area contributed by atoms with Gasteiger partial charge in [0.25, 0.3) is 0 Å². The third-order valence-corrected chi connectivity index (χ3v) is 5.85. The lowest BCUT2D eigenvalue weighted by molar-refractivity contribution is -0.120. The second-order valence-corrected chi connectivity index (χ2v) is 8.24. The van der Waals surface area contributed by atoms with Crippen molar-refractivity contribution in [2.24, 2.45) is 0 Å². The number of imidazole rings is 1. The minimum atomic E-state index is 0.0385. The smallest absolute Gasteiger partial charge is 0.224 e. The summed E-state index contributed by atoms with van der Waals surface area (Å²) in [5.74, 6) is 1.93. The molecule has 0 bridgehead atoms. The summed E-state index contributed by atoms with van der Waals surface area (Å²) >= 11 is 0. The molecule has 0 aliphatic carbocycles. The Balaban J connectivity index is 1.30. The minimum Gasteiger partial charge on any atom is -0.497 e. The molecule has 3 aromatic carbocycles. The summed E-state index contributed by atoms with van der Waals surface area (Å²) < 4.78 is 7.51. The van der Waals surface area contributed by atoms with Gasteiger partial charge in [-0.1, -0.05) is 54.6 Å². The molecule has 0 spiro atoms. The Morgan fingerprint density at radius 2 is 1.64 bits per heavy atom. The highest BCUT2D eigenvalue weighted by Gasteiger charge is 2.11. The maximum Gasteiger partial charge on any atom is 0.224 e. The number of fused-ring (bicyclic) bond motifs is 1. The molecule has 5 heteroatoms. The molecule has 0 saturated heterocycles. The molecule has 33 heavy (non-hydrogen) atoms. The van der Waals surface area contributed by atoms with Crippen LogP contribution in [0.2, 0.25) is 0 Å². The first-order valence-corrected chi connectivity index (χ1v) is 11.6. The third-order valence-electron chi connectivity index (χ3n) is 5.85. The van der Waals surface area contributed by atoms with Crippen LogP contribution < -0.4 is 10.1 Å². The van der Waals surface area contributed by atoms with Crippen LogP contribution in [0.5, 0.6) is 5.75 Å². The van der Waals surface area contributed by atoms with Gasteiger partial charge >= 0.3 is 0 Å². The molecule has 1 amide bonds. The summed E-state index contributed by atoms with van der Waals surface area (Å²) in [7, 11) is 1.64. The monoisotopic (exact) mass is 441 g/mol. The summed E-state index contributed by atoms with van der Waals surface area (Å²) in [6.07, 6.45) is 4.19. The second kappa shape index (κ2) is 11.3. The first-order chi connectivity index (χ1) is 16.2. The Morgan fingerprint density at radius 1 is 0.879 bits per heavy atom. The van der Waals surface area contributed by atoms with Crippen LogP contribution in [0.3, 0.4) is 0 Å². The molecule has 4 rings (SSSR count). The number of carbonyl (C=O) groups is 1. The van der Waals surface area contributed by atoms with E-state index in [-0.39, 0.29) is 5.91 Å². The zero-order valence-corrected chi connectivity index (χ0v) is 19.2. The molecule has 1 aromatic heterocycles. The van der Waals surface area contributed by atoms with Gasteiger partial charge in [0.15, 0.2) is 0 Å². The number of benzene rings is 3. The number of hydrogen-bond donors (Lipinski definition) is 1. The van der Waals surface area contributed by atoms with Gasteiger partial charge in [-0.15, -0.1) is 0 Å². The summed E-state index contributed by atoms with van der Waals surface area (Å²) in [4.78, 5) is 17.2. The average Bonchev–Trinajstić information content (AvgIpc) is 3.20. The number of methoxy groups -OCH3 is 1. The fraction of sp³-hybridized carbons (Fsp3) is 0.286. The number of ether oxygens (including phenoxy) is 1. The van der Waals surface area contributed by atoms with E-state index in [4.69, 9.17) is 9.72 Å². The predicted octanol–water partition coefficient (Wildman–Crippen LogP) is 4.97. The number of amides is 1. The molecule has 4 aromatic rings. The van der Waals surface area contributed by atoms with Crippen molar-refractivity contribution >= 4 is 16.9 Å². The zero-order valence-electron chi connectivity index (χ0n) is 19.2. The largest absolute Gasteiger partial charge is 0.497 e. The Labute approximate surface area is 195 Å². The van der Waals surface area contributed by atoms with Crippen molar-refractivity contribution in [2.45, 2.75) is 38.6 Å². The Bertz CT molecular complexity index is 1170. The lowest BCUT2D eigenvalue weighted by atomic mass is 10.1. The first-order valence-electron chi connectivity index (χ1n) is 11.6. The van der Waals surface area contributed by atoms with Crippen molar-refractivity contribution in [3.63, 3.8) is 0 Å². The van der Waals surface area contributed by atoms with E-state index in [1.54, 1.807) is 7.11 Å². The maximum atomic E-state index is 12.3. The zero-order chi connectivity index (χ0) is 22.9. The van der Waals surface area contributed by atoms with Gasteiger partial charge in [0.2, 0.25) is 5.91 Å². The molecule has 0 atom stereocenters. The molecule has 1 N–H and O–H groups in total. The van der Waals surface area contributed by atoms with Crippen LogP contribution in [0, 0.1) is 0 Å². The van der Waals surface area contributed by atoms with Crippen molar-refractivity contribution < 1.29 is 9.53 Å². The number of nitrogens with one attached hydrogen (secondary N) is 1. The number of rotatable bonds is 11. The lowest BCUT2D eigenvalue weighted by Gasteiger charge is -2.10. The van der Waals surface area contributed by atoms with Gasteiger partial charge in [-0.25, -0.2) is 4.98 Å². The van der Waals surface area contributed by atoms with Crippen LogP contribution >= 0.6 is 0 Å². The molecule has 0 radical (unpaired) electrons. The molecule has 0 saturated carbocycles. The van der Waals surface area contributed by atoms with Gasteiger partial charge in [-0.2, -0.15) is 0 Å². The summed E-state index contributed by atoms with van der Waals surface area (Å²) in [6, 6.07) is 26.5. The topological polar surface area (TPSA) is 56.1 Å². The molecule has 170 valence electrons. The van der Waals surface area contributed by atoms with E-state index in [1.165, 1.54) is 11.1 Å². The second-order valence-electron chi connectivity index (χ2n) is 8.24. The number of nitrogens with zero attached hydrogens (tertiary/aromatic N) is 2. The fourth-order valence-corrected chi connectivity index (χ4v) is 4.12. The standard InChI is InChI=1S/C28H31N3O2/c1-33-24-17-15-23(16-18-24)21-28(32)29-19-7-14-27-30-25-12-5-6-13-26(25)31(27)20-8-11-22-9-3-2-4-10-22/h2-6,9-10,12-13,15-18H,7-8,11,14,19-21H2,1H3,(H,29,32). The van der Waals surface area contributed by atoms with Crippen molar-refractivity contribution in [1.82, 2.24) is 14.9 Å². The highest BCUT2D eigenvalue weighted by atomic mass is 16.5. The van der Waals surface area contributed by atoms with Crippen LogP contribution in [0.1, 0.15) is 29.8 Å². The molecule has 1 heterocycles. The maximum absolute atomic E-state index is 12.3. The lowest BCUT2D eigenvalue weighted by Crippen LogP contribution is -2.26. The van der Waals surface area contributed by atoms with E-state index >= 15 is 0 Å².